The summed E-state index contributed by atoms with van der Waals surface area (Å²) in [5.74, 6) is 1.78. The van der Waals surface area contributed by atoms with Gasteiger partial charge in [0.2, 0.25) is 12.7 Å². The van der Waals surface area contributed by atoms with Crippen molar-refractivity contribution in [3.8, 4) is 17.2 Å². The molecule has 0 N–H and O–H groups in total. The van der Waals surface area contributed by atoms with Gasteiger partial charge >= 0.3 is 5.97 Å². The number of benzene rings is 2. The average Bonchev–Trinajstić information content (AvgIpc) is 3.22. The van der Waals surface area contributed by atoms with Gasteiger partial charge in [0.25, 0.3) is 0 Å². The molecule has 0 aromatic heterocycles. The third-order valence-electron chi connectivity index (χ3n) is 3.66. The Balaban J connectivity index is 1.63. The zero-order chi connectivity index (χ0) is 16.5. The second-order valence-corrected chi connectivity index (χ2v) is 5.18. The SMILES string of the molecule is COc1ccc(/C=C2/N=C(c3ccc4c(c3)OCO4)OC2=O)cc1. The van der Waals surface area contributed by atoms with E-state index in [-0.39, 0.29) is 18.4 Å². The summed E-state index contributed by atoms with van der Waals surface area (Å²) in [6.07, 6.45) is 1.67. The van der Waals surface area contributed by atoms with E-state index >= 15 is 0 Å². The number of rotatable bonds is 3. The molecule has 0 spiro atoms. The summed E-state index contributed by atoms with van der Waals surface area (Å²) in [5, 5.41) is 0. The van der Waals surface area contributed by atoms with Crippen LogP contribution in [0, 0.1) is 0 Å². The van der Waals surface area contributed by atoms with Crippen LogP contribution in [0.25, 0.3) is 6.08 Å². The van der Waals surface area contributed by atoms with Gasteiger partial charge in [-0.3, -0.25) is 0 Å². The van der Waals surface area contributed by atoms with Crippen molar-refractivity contribution in [3.63, 3.8) is 0 Å². The van der Waals surface area contributed by atoms with E-state index in [0.717, 1.165) is 11.3 Å². The molecule has 0 unspecified atom stereocenters. The van der Waals surface area contributed by atoms with Crippen LogP contribution in [-0.2, 0) is 9.53 Å². The minimum atomic E-state index is -0.488. The van der Waals surface area contributed by atoms with E-state index < -0.39 is 5.97 Å². The number of hydrogen-bond acceptors (Lipinski definition) is 6. The molecule has 0 bridgehead atoms. The zero-order valence-electron chi connectivity index (χ0n) is 12.8. The minimum Gasteiger partial charge on any atom is -0.497 e. The smallest absolute Gasteiger partial charge is 0.363 e. The molecular formula is C18H13NO5. The Labute approximate surface area is 137 Å². The van der Waals surface area contributed by atoms with Crippen molar-refractivity contribution in [3.05, 3.63) is 59.3 Å². The Kier molecular flexibility index (Phi) is 3.42. The maximum absolute atomic E-state index is 12.0. The molecule has 2 aromatic carbocycles. The second kappa shape index (κ2) is 5.73. The van der Waals surface area contributed by atoms with Crippen LogP contribution in [-0.4, -0.2) is 25.8 Å². The van der Waals surface area contributed by atoms with Crippen molar-refractivity contribution in [2.24, 2.45) is 4.99 Å². The number of aliphatic imine (C=N–C) groups is 1. The number of esters is 1. The van der Waals surface area contributed by atoms with E-state index in [1.165, 1.54) is 0 Å². The van der Waals surface area contributed by atoms with Crippen LogP contribution in [0.1, 0.15) is 11.1 Å². The van der Waals surface area contributed by atoms with Crippen molar-refractivity contribution in [1.82, 2.24) is 0 Å². The lowest BCUT2D eigenvalue weighted by molar-refractivity contribution is -0.129. The van der Waals surface area contributed by atoms with E-state index in [4.69, 9.17) is 18.9 Å². The number of nitrogens with zero attached hydrogens (tertiary/aromatic N) is 1. The number of carbonyl (C=O) groups is 1. The Bertz CT molecular complexity index is 867. The van der Waals surface area contributed by atoms with Gasteiger partial charge in [-0.1, -0.05) is 12.1 Å². The summed E-state index contributed by atoms with van der Waals surface area (Å²) in [6.45, 7) is 0.188. The van der Waals surface area contributed by atoms with Crippen molar-refractivity contribution in [2.45, 2.75) is 0 Å². The molecule has 2 heterocycles. The molecular weight excluding hydrogens is 310 g/mol. The molecule has 6 heteroatoms. The van der Waals surface area contributed by atoms with Gasteiger partial charge < -0.3 is 18.9 Å². The summed E-state index contributed by atoms with van der Waals surface area (Å²) in [4.78, 5) is 16.3. The summed E-state index contributed by atoms with van der Waals surface area (Å²) in [7, 11) is 1.60. The second-order valence-electron chi connectivity index (χ2n) is 5.18. The predicted octanol–water partition coefficient (Wildman–Crippen LogP) is 2.77. The lowest BCUT2D eigenvalue weighted by Crippen LogP contribution is -2.05. The van der Waals surface area contributed by atoms with Gasteiger partial charge in [-0.05, 0) is 42.0 Å². The minimum absolute atomic E-state index is 0.188. The number of methoxy groups -OCH3 is 1. The average molecular weight is 323 g/mol. The largest absolute Gasteiger partial charge is 0.497 e. The van der Waals surface area contributed by atoms with Gasteiger partial charge in [-0.25, -0.2) is 9.79 Å². The van der Waals surface area contributed by atoms with E-state index in [1.54, 1.807) is 31.4 Å². The van der Waals surface area contributed by atoms with Crippen molar-refractivity contribution < 1.29 is 23.7 Å². The molecule has 0 saturated heterocycles. The molecule has 6 nitrogen and oxygen atoms in total. The molecule has 4 rings (SSSR count). The normalized spacial score (nSPS) is 17.0. The summed E-state index contributed by atoms with van der Waals surface area (Å²) in [5.41, 5.74) is 1.73. The monoisotopic (exact) mass is 323 g/mol. The van der Waals surface area contributed by atoms with Crippen LogP contribution in [0.4, 0.5) is 0 Å². The molecule has 0 aliphatic carbocycles. The molecule has 2 aliphatic heterocycles. The lowest BCUT2D eigenvalue weighted by atomic mass is 10.2. The molecule has 2 aromatic rings. The quantitative estimate of drug-likeness (QED) is 0.642. The van der Waals surface area contributed by atoms with E-state index in [1.807, 2.05) is 24.3 Å². The fraction of sp³-hybridized carbons (Fsp3) is 0.111. The highest BCUT2D eigenvalue weighted by Gasteiger charge is 2.25. The fourth-order valence-electron chi connectivity index (χ4n) is 2.42. The number of cyclic esters (lactones) is 1. The fourth-order valence-corrected chi connectivity index (χ4v) is 2.42. The maximum Gasteiger partial charge on any atom is 0.363 e. The first-order valence-electron chi connectivity index (χ1n) is 7.29. The van der Waals surface area contributed by atoms with Crippen LogP contribution < -0.4 is 14.2 Å². The summed E-state index contributed by atoms with van der Waals surface area (Å²) in [6, 6.07) is 12.6. The van der Waals surface area contributed by atoms with Gasteiger partial charge in [0.05, 0.1) is 7.11 Å². The highest BCUT2D eigenvalue weighted by molar-refractivity contribution is 6.13. The van der Waals surface area contributed by atoms with E-state index in [9.17, 15) is 4.79 Å². The van der Waals surface area contributed by atoms with Crippen LogP contribution in [0.2, 0.25) is 0 Å². The van der Waals surface area contributed by atoms with Crippen molar-refractivity contribution >= 4 is 17.9 Å². The Morgan fingerprint density at radius 2 is 1.88 bits per heavy atom. The maximum atomic E-state index is 12.0. The highest BCUT2D eigenvalue weighted by atomic mass is 16.7. The Hall–Kier alpha value is -3.28. The standard InChI is InChI=1S/C18H13NO5/c1-21-13-5-2-11(3-6-13)8-14-18(20)24-17(19-14)12-4-7-15-16(9-12)23-10-22-15/h2-9H,10H2,1H3/b14-8+. The molecule has 24 heavy (non-hydrogen) atoms. The lowest BCUT2D eigenvalue weighted by Gasteiger charge is -2.01. The first-order valence-corrected chi connectivity index (χ1v) is 7.29. The zero-order valence-corrected chi connectivity index (χ0v) is 12.8. The topological polar surface area (TPSA) is 66.3 Å². The van der Waals surface area contributed by atoms with Crippen LogP contribution >= 0.6 is 0 Å². The van der Waals surface area contributed by atoms with Gasteiger partial charge in [-0.15, -0.1) is 0 Å². The predicted molar refractivity (Wildman–Crippen MR) is 86.2 cm³/mol. The molecule has 0 atom stereocenters. The summed E-state index contributed by atoms with van der Waals surface area (Å²) < 4.78 is 21.0. The first kappa shape index (κ1) is 14.3. The molecule has 0 radical (unpaired) electrons. The van der Waals surface area contributed by atoms with E-state index in [0.29, 0.717) is 17.1 Å². The van der Waals surface area contributed by atoms with E-state index in [2.05, 4.69) is 4.99 Å². The van der Waals surface area contributed by atoms with Crippen molar-refractivity contribution in [2.75, 3.05) is 13.9 Å². The number of fused-ring (bicyclic) bond motifs is 1. The number of hydrogen-bond donors (Lipinski definition) is 0. The van der Waals surface area contributed by atoms with Gasteiger partial charge in [0, 0.05) is 5.56 Å². The molecule has 0 amide bonds. The van der Waals surface area contributed by atoms with Crippen LogP contribution in [0.15, 0.2) is 53.2 Å². The summed E-state index contributed by atoms with van der Waals surface area (Å²) >= 11 is 0. The van der Waals surface area contributed by atoms with Crippen molar-refractivity contribution in [1.29, 1.82) is 0 Å². The van der Waals surface area contributed by atoms with Crippen LogP contribution in [0.5, 0.6) is 17.2 Å². The Morgan fingerprint density at radius 1 is 1.08 bits per heavy atom. The highest BCUT2D eigenvalue weighted by Crippen LogP contribution is 2.33. The third-order valence-corrected chi connectivity index (χ3v) is 3.66. The molecule has 0 fully saturated rings. The molecule has 2 aliphatic rings. The Morgan fingerprint density at radius 3 is 2.67 bits per heavy atom. The third kappa shape index (κ3) is 2.58. The number of carbonyl (C=O) groups excluding carboxylic acids is 1. The molecule has 0 saturated carbocycles. The first-order chi connectivity index (χ1) is 11.7. The van der Waals surface area contributed by atoms with Crippen LogP contribution in [0.3, 0.4) is 0 Å². The van der Waals surface area contributed by atoms with Gasteiger partial charge in [-0.2, -0.15) is 0 Å². The molecule has 120 valence electrons. The number of ether oxygens (including phenoxy) is 4. The van der Waals surface area contributed by atoms with Gasteiger partial charge in [0.1, 0.15) is 5.75 Å². The van der Waals surface area contributed by atoms with Gasteiger partial charge in [0.15, 0.2) is 17.2 Å².